The quantitative estimate of drug-likeness (QED) is 0.201. The molecule has 1 amide bonds. The number of aliphatic hydroxyl groups is 2. The van der Waals surface area contributed by atoms with Gasteiger partial charge in [0.05, 0.1) is 16.6 Å². The summed E-state index contributed by atoms with van der Waals surface area (Å²) in [6.45, 7) is 0.0339. The predicted octanol–water partition coefficient (Wildman–Crippen LogP) is 3.44. The van der Waals surface area contributed by atoms with Crippen molar-refractivity contribution in [2.24, 2.45) is 0 Å². The smallest absolute Gasteiger partial charge is 0.407 e. The highest BCUT2D eigenvalue weighted by Gasteiger charge is 2.29. The zero-order chi connectivity index (χ0) is 25.8. The van der Waals surface area contributed by atoms with Crippen LogP contribution in [0.4, 0.5) is 10.5 Å². The zero-order valence-electron chi connectivity index (χ0n) is 19.0. The van der Waals surface area contributed by atoms with E-state index in [-0.39, 0.29) is 42.9 Å². The van der Waals surface area contributed by atoms with Crippen LogP contribution in [-0.2, 0) is 4.74 Å². The number of amides is 1. The Bertz CT molecular complexity index is 1260. The minimum absolute atomic E-state index is 0.0782. The number of phenolic OH excluding ortho intramolecular Hbond substituents is 1. The first-order valence-corrected chi connectivity index (χ1v) is 11.2. The third kappa shape index (κ3) is 4.90. The molecule has 186 valence electrons. The average molecular weight is 492 g/mol. The Morgan fingerprint density at radius 2 is 1.69 bits per heavy atom. The molecule has 2 unspecified atom stereocenters. The summed E-state index contributed by atoms with van der Waals surface area (Å²) in [6.07, 6.45) is -3.87. The molecule has 1 aliphatic carbocycles. The monoisotopic (exact) mass is 492 g/mol. The molecule has 0 radical (unpaired) electrons. The summed E-state index contributed by atoms with van der Waals surface area (Å²) in [6, 6.07) is 17.6. The molecule has 1 aliphatic rings. The molecule has 0 fully saturated rings. The number of carbonyl (C=O) groups is 2. The van der Waals surface area contributed by atoms with E-state index in [1.54, 1.807) is 0 Å². The van der Waals surface area contributed by atoms with Crippen molar-refractivity contribution in [1.82, 2.24) is 5.32 Å². The number of rotatable bonds is 9. The fraction of sp³-hybridized carbons (Fsp3) is 0.231. The number of ether oxygens (including phenoxy) is 1. The molecule has 0 saturated heterocycles. The summed E-state index contributed by atoms with van der Waals surface area (Å²) >= 11 is 0. The molecule has 3 aromatic carbocycles. The van der Waals surface area contributed by atoms with Crippen LogP contribution >= 0.6 is 0 Å². The molecule has 10 nitrogen and oxygen atoms in total. The molecule has 10 heteroatoms. The van der Waals surface area contributed by atoms with Gasteiger partial charge in [-0.3, -0.25) is 14.9 Å². The molecule has 0 saturated carbocycles. The van der Waals surface area contributed by atoms with Crippen LogP contribution in [0.3, 0.4) is 0 Å². The second kappa shape index (κ2) is 10.5. The summed E-state index contributed by atoms with van der Waals surface area (Å²) in [7, 11) is 0. The number of carbonyl (C=O) groups excluding carboxylic acids is 2. The van der Waals surface area contributed by atoms with E-state index in [1.807, 2.05) is 48.5 Å². The summed E-state index contributed by atoms with van der Waals surface area (Å²) in [5, 5.41) is 44.4. The van der Waals surface area contributed by atoms with Crippen LogP contribution in [0.2, 0.25) is 0 Å². The summed E-state index contributed by atoms with van der Waals surface area (Å²) in [4.78, 5) is 33.7. The zero-order valence-corrected chi connectivity index (χ0v) is 19.0. The normalized spacial score (nSPS) is 13.8. The van der Waals surface area contributed by atoms with Gasteiger partial charge in [0, 0.05) is 30.2 Å². The van der Waals surface area contributed by atoms with Crippen LogP contribution in [0.15, 0.2) is 60.7 Å². The largest absolute Gasteiger partial charge is 0.507 e. The lowest BCUT2D eigenvalue weighted by Crippen LogP contribution is -2.30. The van der Waals surface area contributed by atoms with Crippen molar-refractivity contribution >= 4 is 18.1 Å². The Morgan fingerprint density at radius 1 is 1.08 bits per heavy atom. The minimum atomic E-state index is -1.73. The number of aliphatic hydroxyl groups excluding tert-OH is 2. The molecule has 0 heterocycles. The Balaban J connectivity index is 1.33. The molecule has 0 spiro atoms. The first-order chi connectivity index (χ1) is 17.3. The van der Waals surface area contributed by atoms with Crippen molar-refractivity contribution in [2.45, 2.75) is 24.5 Å². The van der Waals surface area contributed by atoms with Gasteiger partial charge in [0.15, 0.2) is 6.29 Å². The molecule has 3 aromatic rings. The number of aromatic hydroxyl groups is 1. The van der Waals surface area contributed by atoms with E-state index in [1.165, 1.54) is 0 Å². The molecule has 4 rings (SSSR count). The third-order valence-corrected chi connectivity index (χ3v) is 6.23. The van der Waals surface area contributed by atoms with Gasteiger partial charge < -0.3 is 25.4 Å². The standard InChI is InChI=1S/C26H24N2O8/c29-13-15-11-16(28(34)35)12-21(24(15)31)25(32)23(30)9-10-27-26(33)36-14-22-19-7-3-1-5-17(19)18-6-2-4-8-20(18)22/h1-8,11-13,22-23,25,30-32H,9-10,14H2,(H,27,33). The average Bonchev–Trinajstić information content (AvgIpc) is 3.20. The number of non-ortho nitro benzene ring substituents is 1. The topological polar surface area (TPSA) is 159 Å². The van der Waals surface area contributed by atoms with Gasteiger partial charge in [0.2, 0.25) is 0 Å². The van der Waals surface area contributed by atoms with Crippen molar-refractivity contribution in [1.29, 1.82) is 0 Å². The Kier molecular flexibility index (Phi) is 7.28. The number of nitro groups is 1. The van der Waals surface area contributed by atoms with Crippen LogP contribution < -0.4 is 5.32 Å². The van der Waals surface area contributed by atoms with Gasteiger partial charge in [-0.25, -0.2) is 4.79 Å². The number of hydrogen-bond acceptors (Lipinski definition) is 8. The molecule has 0 aliphatic heterocycles. The number of phenols is 1. The van der Waals surface area contributed by atoms with Crippen molar-refractivity contribution in [2.75, 3.05) is 13.2 Å². The predicted molar refractivity (Wildman–Crippen MR) is 129 cm³/mol. The number of aldehydes is 1. The van der Waals surface area contributed by atoms with E-state index in [9.17, 15) is 35.0 Å². The second-order valence-electron chi connectivity index (χ2n) is 8.40. The van der Waals surface area contributed by atoms with Gasteiger partial charge in [0.25, 0.3) is 5.69 Å². The fourth-order valence-corrected chi connectivity index (χ4v) is 4.42. The van der Waals surface area contributed by atoms with Crippen LogP contribution in [0.1, 0.15) is 45.5 Å². The van der Waals surface area contributed by atoms with Crippen molar-refractivity contribution < 1.29 is 34.6 Å². The lowest BCUT2D eigenvalue weighted by molar-refractivity contribution is -0.385. The highest BCUT2D eigenvalue weighted by Crippen LogP contribution is 2.44. The lowest BCUT2D eigenvalue weighted by atomic mass is 9.98. The van der Waals surface area contributed by atoms with E-state index in [0.29, 0.717) is 0 Å². The van der Waals surface area contributed by atoms with Crippen LogP contribution in [0.25, 0.3) is 11.1 Å². The van der Waals surface area contributed by atoms with E-state index in [2.05, 4.69) is 5.32 Å². The number of fused-ring (bicyclic) bond motifs is 3. The molecule has 0 aromatic heterocycles. The number of hydrogen-bond donors (Lipinski definition) is 4. The fourth-order valence-electron chi connectivity index (χ4n) is 4.42. The van der Waals surface area contributed by atoms with E-state index >= 15 is 0 Å². The third-order valence-electron chi connectivity index (χ3n) is 6.23. The van der Waals surface area contributed by atoms with E-state index in [4.69, 9.17) is 4.74 Å². The number of benzene rings is 3. The Hall–Kier alpha value is -4.28. The first kappa shape index (κ1) is 24.8. The minimum Gasteiger partial charge on any atom is -0.507 e. The van der Waals surface area contributed by atoms with Gasteiger partial charge in [-0.05, 0) is 28.7 Å². The van der Waals surface area contributed by atoms with Crippen molar-refractivity contribution in [3.63, 3.8) is 0 Å². The lowest BCUT2D eigenvalue weighted by Gasteiger charge is -2.20. The first-order valence-electron chi connectivity index (χ1n) is 11.2. The number of nitrogens with one attached hydrogen (secondary N) is 1. The van der Waals surface area contributed by atoms with Crippen LogP contribution in [0.5, 0.6) is 5.75 Å². The van der Waals surface area contributed by atoms with Crippen LogP contribution in [0, 0.1) is 10.1 Å². The van der Waals surface area contributed by atoms with E-state index < -0.39 is 34.7 Å². The summed E-state index contributed by atoms with van der Waals surface area (Å²) in [5.74, 6) is -0.772. The Labute approximate surface area is 205 Å². The van der Waals surface area contributed by atoms with Gasteiger partial charge >= 0.3 is 6.09 Å². The van der Waals surface area contributed by atoms with Gasteiger partial charge in [-0.1, -0.05) is 48.5 Å². The van der Waals surface area contributed by atoms with E-state index in [0.717, 1.165) is 34.4 Å². The number of nitro benzene ring substituents is 1. The highest BCUT2D eigenvalue weighted by molar-refractivity contribution is 5.82. The van der Waals surface area contributed by atoms with Gasteiger partial charge in [-0.15, -0.1) is 0 Å². The molecular weight excluding hydrogens is 468 g/mol. The van der Waals surface area contributed by atoms with Crippen molar-refractivity contribution in [3.05, 3.63) is 93.0 Å². The molecule has 2 atom stereocenters. The van der Waals surface area contributed by atoms with Gasteiger partial charge in [0.1, 0.15) is 18.5 Å². The van der Waals surface area contributed by atoms with Gasteiger partial charge in [-0.2, -0.15) is 0 Å². The second-order valence-corrected chi connectivity index (χ2v) is 8.40. The van der Waals surface area contributed by atoms with Crippen LogP contribution in [-0.4, -0.2) is 51.9 Å². The maximum Gasteiger partial charge on any atom is 0.407 e. The number of alkyl carbamates (subject to hydrolysis) is 1. The SMILES string of the molecule is O=Cc1cc([N+](=O)[O-])cc(C(O)C(O)CCNC(=O)OCC2c3ccccc3-c3ccccc32)c1O. The summed E-state index contributed by atoms with van der Waals surface area (Å²) < 4.78 is 5.41. The molecular formula is C26H24N2O8. The number of nitrogens with zero attached hydrogens (tertiary/aromatic N) is 1. The highest BCUT2D eigenvalue weighted by atomic mass is 16.6. The molecule has 36 heavy (non-hydrogen) atoms. The molecule has 0 bridgehead atoms. The molecule has 4 N–H and O–H groups in total. The maximum atomic E-state index is 12.3. The Morgan fingerprint density at radius 3 is 2.28 bits per heavy atom. The maximum absolute atomic E-state index is 12.3. The van der Waals surface area contributed by atoms with Crippen molar-refractivity contribution in [3.8, 4) is 16.9 Å². The summed E-state index contributed by atoms with van der Waals surface area (Å²) in [5.41, 5.74) is 3.06.